The van der Waals surface area contributed by atoms with Gasteiger partial charge < -0.3 is 15.2 Å². The highest BCUT2D eigenvalue weighted by Crippen LogP contribution is 2.34. The Bertz CT molecular complexity index is 645. The smallest absolute Gasteiger partial charge is 0.338 e. The molecule has 0 fully saturated rings. The normalized spacial score (nSPS) is 18.0. The summed E-state index contributed by atoms with van der Waals surface area (Å²) in [5.74, 6) is -0.478. The maximum Gasteiger partial charge on any atom is 0.338 e. The Labute approximate surface area is 143 Å². The van der Waals surface area contributed by atoms with Crippen molar-refractivity contribution in [2.24, 2.45) is 0 Å². The average Bonchev–Trinajstić information content (AvgIpc) is 2.51. The number of urea groups is 1. The van der Waals surface area contributed by atoms with Crippen LogP contribution < -0.4 is 5.32 Å². The zero-order valence-electron chi connectivity index (χ0n) is 13.0. The summed E-state index contributed by atoms with van der Waals surface area (Å²) in [5.41, 5.74) is 1.63. The molecule has 0 bridgehead atoms. The third kappa shape index (κ3) is 3.56. The van der Waals surface area contributed by atoms with E-state index in [1.807, 2.05) is 24.3 Å². The Morgan fingerprint density at radius 2 is 2.13 bits per heavy atom. The topological polar surface area (TPSA) is 78.9 Å². The van der Waals surface area contributed by atoms with Crippen molar-refractivity contribution in [3.63, 3.8) is 0 Å². The second kappa shape index (κ2) is 7.61. The van der Waals surface area contributed by atoms with E-state index in [0.717, 1.165) is 10.0 Å². The van der Waals surface area contributed by atoms with Gasteiger partial charge in [0.05, 0.1) is 31.4 Å². The molecule has 1 aliphatic heterocycles. The number of nitrogens with zero attached hydrogens (tertiary/aromatic N) is 1. The van der Waals surface area contributed by atoms with Crippen LogP contribution in [0, 0.1) is 0 Å². The second-order valence-electron chi connectivity index (χ2n) is 5.00. The molecule has 1 aliphatic rings. The van der Waals surface area contributed by atoms with Crippen LogP contribution in [0.2, 0.25) is 0 Å². The van der Waals surface area contributed by atoms with Crippen molar-refractivity contribution in [3.8, 4) is 0 Å². The van der Waals surface area contributed by atoms with Gasteiger partial charge in [0.25, 0.3) is 0 Å². The van der Waals surface area contributed by atoms with Crippen LogP contribution in [0.25, 0.3) is 0 Å². The third-order valence-corrected chi connectivity index (χ3v) is 4.35. The van der Waals surface area contributed by atoms with Gasteiger partial charge in [0.15, 0.2) is 0 Å². The molecule has 124 valence electrons. The van der Waals surface area contributed by atoms with Crippen molar-refractivity contribution < 1.29 is 19.4 Å². The maximum atomic E-state index is 12.4. The number of hydrogen-bond acceptors (Lipinski definition) is 4. The number of esters is 1. The lowest BCUT2D eigenvalue weighted by atomic mass is 9.95. The monoisotopic (exact) mass is 382 g/mol. The minimum atomic E-state index is -0.605. The van der Waals surface area contributed by atoms with Crippen LogP contribution in [0.5, 0.6) is 0 Å². The highest BCUT2D eigenvalue weighted by atomic mass is 79.9. The molecular weight excluding hydrogens is 364 g/mol. The Kier molecular flexibility index (Phi) is 5.79. The van der Waals surface area contributed by atoms with Crippen molar-refractivity contribution in [2.45, 2.75) is 19.9 Å². The lowest BCUT2D eigenvalue weighted by molar-refractivity contribution is -0.139. The van der Waals surface area contributed by atoms with E-state index in [9.17, 15) is 9.59 Å². The lowest BCUT2D eigenvalue weighted by Gasteiger charge is -2.35. The Morgan fingerprint density at radius 1 is 1.43 bits per heavy atom. The van der Waals surface area contributed by atoms with E-state index in [1.54, 1.807) is 13.8 Å². The summed E-state index contributed by atoms with van der Waals surface area (Å²) in [5, 5.41) is 12.0. The minimum absolute atomic E-state index is 0.114. The average molecular weight is 383 g/mol. The third-order valence-electron chi connectivity index (χ3n) is 3.63. The molecule has 0 unspecified atom stereocenters. The predicted molar refractivity (Wildman–Crippen MR) is 88.5 cm³/mol. The number of aliphatic hydroxyl groups is 1. The van der Waals surface area contributed by atoms with Crippen LogP contribution >= 0.6 is 15.9 Å². The summed E-state index contributed by atoms with van der Waals surface area (Å²) in [7, 11) is 0. The highest BCUT2D eigenvalue weighted by molar-refractivity contribution is 9.10. The highest BCUT2D eigenvalue weighted by Gasteiger charge is 2.36. The fourth-order valence-electron chi connectivity index (χ4n) is 2.57. The molecule has 0 saturated carbocycles. The van der Waals surface area contributed by atoms with Gasteiger partial charge in [-0.25, -0.2) is 9.59 Å². The number of nitrogens with one attached hydrogen (secondary N) is 1. The standard InChI is InChI=1S/C16H19BrN2O4/c1-3-23-15(21)13-10(2)19(8-9-20)16(22)18-14(13)11-6-4-5-7-12(11)17/h4-7,14,20H,3,8-9H2,1-2H3,(H,18,22)/t14-/m1/s1. The summed E-state index contributed by atoms with van der Waals surface area (Å²) < 4.78 is 5.94. The number of rotatable bonds is 5. The van der Waals surface area contributed by atoms with Crippen molar-refractivity contribution in [3.05, 3.63) is 45.6 Å². The first-order chi connectivity index (χ1) is 11.0. The fourth-order valence-corrected chi connectivity index (χ4v) is 3.08. The summed E-state index contributed by atoms with van der Waals surface area (Å²) in [4.78, 5) is 26.1. The largest absolute Gasteiger partial charge is 0.463 e. The van der Waals surface area contributed by atoms with E-state index < -0.39 is 12.0 Å². The fraction of sp³-hybridized carbons (Fsp3) is 0.375. The maximum absolute atomic E-state index is 12.4. The van der Waals surface area contributed by atoms with Gasteiger partial charge in [-0.15, -0.1) is 0 Å². The van der Waals surface area contributed by atoms with Gasteiger partial charge in [-0.05, 0) is 25.5 Å². The molecular formula is C16H19BrN2O4. The molecule has 2 rings (SSSR count). The zero-order valence-corrected chi connectivity index (χ0v) is 14.6. The summed E-state index contributed by atoms with van der Waals surface area (Å²) in [6, 6.07) is 6.42. The number of carbonyl (C=O) groups is 2. The number of β-amino-alcohol motifs (C(OH)–C–C–N with tert-alkyl or cyclic N) is 1. The number of allylic oxidation sites excluding steroid dienone is 1. The molecule has 1 aromatic carbocycles. The van der Waals surface area contributed by atoms with Gasteiger partial charge in [-0.1, -0.05) is 34.1 Å². The molecule has 7 heteroatoms. The number of aliphatic hydroxyl groups excluding tert-OH is 1. The number of amides is 2. The first-order valence-corrected chi connectivity index (χ1v) is 8.11. The molecule has 6 nitrogen and oxygen atoms in total. The molecule has 0 saturated heterocycles. The summed E-state index contributed by atoms with van der Waals surface area (Å²) in [6.07, 6.45) is 0. The molecule has 0 radical (unpaired) electrons. The van der Waals surface area contributed by atoms with Crippen LogP contribution in [0.15, 0.2) is 40.0 Å². The predicted octanol–water partition coefficient (Wildman–Crippen LogP) is 2.34. The quantitative estimate of drug-likeness (QED) is 0.766. The minimum Gasteiger partial charge on any atom is -0.463 e. The molecule has 23 heavy (non-hydrogen) atoms. The molecule has 2 N–H and O–H groups in total. The van der Waals surface area contributed by atoms with E-state index in [-0.39, 0.29) is 25.8 Å². The summed E-state index contributed by atoms with van der Waals surface area (Å²) >= 11 is 3.45. The van der Waals surface area contributed by atoms with Crippen molar-refractivity contribution in [2.75, 3.05) is 19.8 Å². The SMILES string of the molecule is CCOC(=O)C1=C(C)N(CCO)C(=O)N[C@@H]1c1ccccc1Br. The van der Waals surface area contributed by atoms with E-state index in [0.29, 0.717) is 11.3 Å². The van der Waals surface area contributed by atoms with Gasteiger partial charge in [0, 0.05) is 10.2 Å². The van der Waals surface area contributed by atoms with Gasteiger partial charge in [0.1, 0.15) is 0 Å². The lowest BCUT2D eigenvalue weighted by Crippen LogP contribution is -2.48. The second-order valence-corrected chi connectivity index (χ2v) is 5.85. The van der Waals surface area contributed by atoms with E-state index in [4.69, 9.17) is 9.84 Å². The zero-order chi connectivity index (χ0) is 17.0. The number of ether oxygens (including phenoxy) is 1. The number of halogens is 1. The Balaban J connectivity index is 2.54. The van der Waals surface area contributed by atoms with E-state index in [2.05, 4.69) is 21.2 Å². The number of carbonyl (C=O) groups excluding carboxylic acids is 2. The molecule has 1 aromatic rings. The Morgan fingerprint density at radius 3 is 2.74 bits per heavy atom. The molecule has 0 aliphatic carbocycles. The van der Waals surface area contributed by atoms with Gasteiger partial charge in [0.2, 0.25) is 0 Å². The first kappa shape index (κ1) is 17.5. The van der Waals surface area contributed by atoms with Crippen LogP contribution in [-0.2, 0) is 9.53 Å². The van der Waals surface area contributed by atoms with Crippen molar-refractivity contribution >= 4 is 27.9 Å². The molecule has 1 heterocycles. The van der Waals surface area contributed by atoms with Crippen LogP contribution in [0.1, 0.15) is 25.5 Å². The Hall–Kier alpha value is -1.86. The first-order valence-electron chi connectivity index (χ1n) is 7.32. The van der Waals surface area contributed by atoms with E-state index >= 15 is 0 Å². The van der Waals surface area contributed by atoms with Crippen molar-refractivity contribution in [1.82, 2.24) is 10.2 Å². The van der Waals surface area contributed by atoms with Gasteiger partial charge >= 0.3 is 12.0 Å². The number of benzene rings is 1. The van der Waals surface area contributed by atoms with Gasteiger partial charge in [-0.2, -0.15) is 0 Å². The molecule has 1 atom stereocenters. The van der Waals surface area contributed by atoms with Crippen LogP contribution in [0.4, 0.5) is 4.79 Å². The van der Waals surface area contributed by atoms with E-state index in [1.165, 1.54) is 4.90 Å². The molecule has 0 aromatic heterocycles. The van der Waals surface area contributed by atoms with Crippen LogP contribution in [-0.4, -0.2) is 41.8 Å². The van der Waals surface area contributed by atoms with Crippen LogP contribution in [0.3, 0.4) is 0 Å². The molecule has 2 amide bonds. The summed E-state index contributed by atoms with van der Waals surface area (Å²) in [6.45, 7) is 3.58. The number of hydrogen-bond donors (Lipinski definition) is 2. The van der Waals surface area contributed by atoms with Gasteiger partial charge in [-0.3, -0.25) is 4.90 Å². The molecule has 0 spiro atoms. The van der Waals surface area contributed by atoms with Crippen molar-refractivity contribution in [1.29, 1.82) is 0 Å².